The van der Waals surface area contributed by atoms with Gasteiger partial charge in [0.05, 0.1) is 5.56 Å². The molecule has 1 heterocycles. The maximum absolute atomic E-state index is 12.4. The van der Waals surface area contributed by atoms with Crippen LogP contribution in [0.25, 0.3) is 0 Å². The molecule has 0 bridgehead atoms. The second-order valence-electron chi connectivity index (χ2n) is 4.90. The number of carbonyl (C=O) groups is 1. The van der Waals surface area contributed by atoms with Crippen molar-refractivity contribution in [2.75, 3.05) is 0 Å². The van der Waals surface area contributed by atoms with E-state index in [1.54, 1.807) is 17.0 Å². The van der Waals surface area contributed by atoms with Crippen molar-refractivity contribution in [3.63, 3.8) is 0 Å². The number of benzene rings is 2. The van der Waals surface area contributed by atoms with Crippen molar-refractivity contribution < 1.29 is 15.0 Å². The summed E-state index contributed by atoms with van der Waals surface area (Å²) < 4.78 is 0. The lowest BCUT2D eigenvalue weighted by atomic mass is 10.0. The molecule has 1 amide bonds. The van der Waals surface area contributed by atoms with Crippen LogP contribution >= 0.6 is 0 Å². The lowest BCUT2D eigenvalue weighted by Gasteiger charge is -2.16. The topological polar surface area (TPSA) is 60.8 Å². The lowest BCUT2D eigenvalue weighted by Crippen LogP contribution is -2.23. The Balaban J connectivity index is 1.90. The van der Waals surface area contributed by atoms with Crippen LogP contribution in [0.5, 0.6) is 0 Å². The standard InChI is InChI=1S/C16H15NO3/c18-15-14-12(7-4-8-13(14)16(19)20)10-17(15)9-11-5-2-1-3-6-11/h1-8,16,19-20H,9-10H2. The molecule has 0 aliphatic carbocycles. The first-order valence-electron chi connectivity index (χ1n) is 6.48. The van der Waals surface area contributed by atoms with Crippen LogP contribution in [0, 0.1) is 0 Å². The molecule has 0 fully saturated rings. The second-order valence-corrected chi connectivity index (χ2v) is 4.90. The molecule has 3 rings (SSSR count). The highest BCUT2D eigenvalue weighted by Crippen LogP contribution is 2.29. The highest BCUT2D eigenvalue weighted by atomic mass is 16.5. The predicted octanol–water partition coefficient (Wildman–Crippen LogP) is 1.83. The number of fused-ring (bicyclic) bond motifs is 1. The van der Waals surface area contributed by atoms with Crippen LogP contribution in [0.15, 0.2) is 48.5 Å². The van der Waals surface area contributed by atoms with Crippen molar-refractivity contribution in [1.29, 1.82) is 0 Å². The highest BCUT2D eigenvalue weighted by molar-refractivity contribution is 5.99. The van der Waals surface area contributed by atoms with Gasteiger partial charge in [0.25, 0.3) is 5.91 Å². The molecule has 0 aromatic heterocycles. The molecule has 2 aromatic rings. The summed E-state index contributed by atoms with van der Waals surface area (Å²) in [5.41, 5.74) is 2.61. The van der Waals surface area contributed by atoms with Gasteiger partial charge >= 0.3 is 0 Å². The fourth-order valence-corrected chi connectivity index (χ4v) is 2.59. The van der Waals surface area contributed by atoms with Gasteiger partial charge in [-0.1, -0.05) is 48.5 Å². The summed E-state index contributed by atoms with van der Waals surface area (Å²) >= 11 is 0. The van der Waals surface area contributed by atoms with Crippen molar-refractivity contribution in [2.45, 2.75) is 19.4 Å². The Kier molecular flexibility index (Phi) is 3.26. The van der Waals surface area contributed by atoms with Gasteiger partial charge in [-0.2, -0.15) is 0 Å². The fourth-order valence-electron chi connectivity index (χ4n) is 2.59. The zero-order chi connectivity index (χ0) is 14.1. The molecular formula is C16H15NO3. The summed E-state index contributed by atoms with van der Waals surface area (Å²) in [5.74, 6) is -0.146. The third-order valence-corrected chi connectivity index (χ3v) is 3.54. The quantitative estimate of drug-likeness (QED) is 0.836. The molecule has 20 heavy (non-hydrogen) atoms. The van der Waals surface area contributed by atoms with Crippen molar-refractivity contribution in [2.24, 2.45) is 0 Å². The summed E-state index contributed by atoms with van der Waals surface area (Å²) in [6, 6.07) is 14.9. The zero-order valence-corrected chi connectivity index (χ0v) is 10.9. The Morgan fingerprint density at radius 1 is 1.05 bits per heavy atom. The number of hydrogen-bond donors (Lipinski definition) is 2. The average molecular weight is 269 g/mol. The molecule has 0 saturated heterocycles. The maximum atomic E-state index is 12.4. The van der Waals surface area contributed by atoms with Crippen LogP contribution in [0.2, 0.25) is 0 Å². The van der Waals surface area contributed by atoms with Crippen LogP contribution in [0.4, 0.5) is 0 Å². The predicted molar refractivity (Wildman–Crippen MR) is 73.6 cm³/mol. The molecule has 0 spiro atoms. The van der Waals surface area contributed by atoms with E-state index in [0.717, 1.165) is 11.1 Å². The zero-order valence-electron chi connectivity index (χ0n) is 10.9. The lowest BCUT2D eigenvalue weighted by molar-refractivity contribution is -0.0430. The van der Waals surface area contributed by atoms with Crippen LogP contribution in [0.3, 0.4) is 0 Å². The van der Waals surface area contributed by atoms with E-state index in [4.69, 9.17) is 0 Å². The number of hydrogen-bond acceptors (Lipinski definition) is 3. The van der Waals surface area contributed by atoms with E-state index >= 15 is 0 Å². The van der Waals surface area contributed by atoms with E-state index < -0.39 is 6.29 Å². The largest absolute Gasteiger partial charge is 0.364 e. The van der Waals surface area contributed by atoms with E-state index in [1.165, 1.54) is 0 Å². The molecule has 2 N–H and O–H groups in total. The van der Waals surface area contributed by atoms with Crippen LogP contribution < -0.4 is 0 Å². The van der Waals surface area contributed by atoms with Gasteiger partial charge in [0.1, 0.15) is 0 Å². The molecule has 0 unspecified atom stereocenters. The van der Waals surface area contributed by atoms with Crippen molar-refractivity contribution in [1.82, 2.24) is 4.90 Å². The minimum absolute atomic E-state index is 0.146. The molecule has 1 aliphatic rings. The molecule has 4 nitrogen and oxygen atoms in total. The summed E-state index contributed by atoms with van der Waals surface area (Å²) in [7, 11) is 0. The van der Waals surface area contributed by atoms with E-state index in [0.29, 0.717) is 18.7 Å². The SMILES string of the molecule is O=C1c2c(cccc2C(O)O)CN1Cc1ccccc1. The molecule has 1 aliphatic heterocycles. The van der Waals surface area contributed by atoms with Crippen molar-refractivity contribution in [3.05, 3.63) is 70.8 Å². The number of carbonyl (C=O) groups excluding carboxylic acids is 1. The van der Waals surface area contributed by atoms with E-state index in [9.17, 15) is 15.0 Å². The first-order chi connectivity index (χ1) is 9.66. The normalized spacial score (nSPS) is 13.9. The van der Waals surface area contributed by atoms with Gasteiger partial charge in [0.15, 0.2) is 6.29 Å². The van der Waals surface area contributed by atoms with Gasteiger partial charge in [-0.15, -0.1) is 0 Å². The van der Waals surface area contributed by atoms with Gasteiger partial charge < -0.3 is 15.1 Å². The fraction of sp³-hybridized carbons (Fsp3) is 0.188. The molecule has 0 atom stereocenters. The maximum Gasteiger partial charge on any atom is 0.255 e. The first kappa shape index (κ1) is 12.8. The number of nitrogens with zero attached hydrogens (tertiary/aromatic N) is 1. The molecule has 102 valence electrons. The smallest absolute Gasteiger partial charge is 0.255 e. The Labute approximate surface area is 116 Å². The summed E-state index contributed by atoms with van der Waals surface area (Å²) in [4.78, 5) is 14.1. The Morgan fingerprint density at radius 3 is 2.50 bits per heavy atom. The van der Waals surface area contributed by atoms with Gasteiger partial charge in [-0.3, -0.25) is 4.79 Å². The minimum Gasteiger partial charge on any atom is -0.364 e. The molecule has 2 aromatic carbocycles. The number of amides is 1. The number of rotatable bonds is 3. The minimum atomic E-state index is -1.62. The van der Waals surface area contributed by atoms with Gasteiger partial charge in [-0.05, 0) is 11.1 Å². The van der Waals surface area contributed by atoms with Gasteiger partial charge in [-0.25, -0.2) is 0 Å². The van der Waals surface area contributed by atoms with Crippen molar-refractivity contribution >= 4 is 5.91 Å². The van der Waals surface area contributed by atoms with E-state index in [2.05, 4.69) is 0 Å². The number of aliphatic hydroxyl groups excluding tert-OH is 1. The monoisotopic (exact) mass is 269 g/mol. The summed E-state index contributed by atoms with van der Waals surface area (Å²) in [5, 5.41) is 18.7. The van der Waals surface area contributed by atoms with Crippen molar-refractivity contribution in [3.8, 4) is 0 Å². The number of aliphatic hydroxyl groups is 2. The third kappa shape index (κ3) is 2.19. The summed E-state index contributed by atoms with van der Waals surface area (Å²) in [6.07, 6.45) is -1.62. The Bertz CT molecular complexity index is 637. The first-order valence-corrected chi connectivity index (χ1v) is 6.48. The van der Waals surface area contributed by atoms with Crippen LogP contribution in [0.1, 0.15) is 33.3 Å². The second kappa shape index (κ2) is 5.07. The molecule has 0 radical (unpaired) electrons. The molecule has 0 saturated carbocycles. The Hall–Kier alpha value is -2.17. The average Bonchev–Trinajstić information content (AvgIpc) is 2.77. The van der Waals surface area contributed by atoms with E-state index in [1.807, 2.05) is 36.4 Å². The Morgan fingerprint density at radius 2 is 1.80 bits per heavy atom. The third-order valence-electron chi connectivity index (χ3n) is 3.54. The highest BCUT2D eigenvalue weighted by Gasteiger charge is 2.31. The van der Waals surface area contributed by atoms with Crippen LogP contribution in [-0.4, -0.2) is 21.0 Å². The summed E-state index contributed by atoms with van der Waals surface area (Å²) in [6.45, 7) is 1.03. The van der Waals surface area contributed by atoms with E-state index in [-0.39, 0.29) is 11.5 Å². The van der Waals surface area contributed by atoms with Crippen LogP contribution in [-0.2, 0) is 13.1 Å². The van der Waals surface area contributed by atoms with Gasteiger partial charge in [0, 0.05) is 18.7 Å². The molecule has 4 heteroatoms. The van der Waals surface area contributed by atoms with Gasteiger partial charge in [0.2, 0.25) is 0 Å². The molecular weight excluding hydrogens is 254 g/mol.